The fourth-order valence-electron chi connectivity index (χ4n) is 4.67. The zero-order valence-corrected chi connectivity index (χ0v) is 18.3. The molecule has 6 heteroatoms. The highest BCUT2D eigenvalue weighted by Crippen LogP contribution is 2.33. The van der Waals surface area contributed by atoms with E-state index in [4.69, 9.17) is 9.97 Å². The first-order chi connectivity index (χ1) is 14.0. The second kappa shape index (κ2) is 8.66. The molecule has 0 saturated carbocycles. The molecule has 0 bridgehead atoms. The van der Waals surface area contributed by atoms with Gasteiger partial charge in [-0.15, -0.1) is 0 Å². The standard InChI is InChI=1S/C23H34N6/c1-17(2)21-24-22(27(3)4)26-23(25-21)29-14-12-20-19(16-29)11-8-13-28(20)15-18-9-6-5-7-10-18/h5-7,9-10,17,19-20H,8,11-16H2,1-4H3. The van der Waals surface area contributed by atoms with E-state index in [1.54, 1.807) is 0 Å². The third kappa shape index (κ3) is 4.53. The molecular formula is C23H34N6. The SMILES string of the molecule is CC(C)c1nc(N(C)C)nc(N2CCC3C(CCCN3Cc3ccccc3)C2)n1. The van der Waals surface area contributed by atoms with Gasteiger partial charge in [0, 0.05) is 45.7 Å². The molecular weight excluding hydrogens is 360 g/mol. The molecule has 2 atom stereocenters. The van der Waals surface area contributed by atoms with Gasteiger partial charge in [-0.25, -0.2) is 0 Å². The summed E-state index contributed by atoms with van der Waals surface area (Å²) in [7, 11) is 4.00. The summed E-state index contributed by atoms with van der Waals surface area (Å²) >= 11 is 0. The van der Waals surface area contributed by atoms with Crippen molar-refractivity contribution in [1.82, 2.24) is 19.9 Å². The molecule has 1 aromatic heterocycles. The number of hydrogen-bond acceptors (Lipinski definition) is 6. The highest BCUT2D eigenvalue weighted by molar-refractivity contribution is 5.39. The van der Waals surface area contributed by atoms with Crippen molar-refractivity contribution in [1.29, 1.82) is 0 Å². The normalized spacial score (nSPS) is 22.6. The van der Waals surface area contributed by atoms with Crippen molar-refractivity contribution in [3.8, 4) is 0 Å². The van der Waals surface area contributed by atoms with Gasteiger partial charge < -0.3 is 9.80 Å². The molecule has 29 heavy (non-hydrogen) atoms. The van der Waals surface area contributed by atoms with E-state index in [2.05, 4.69) is 59.0 Å². The third-order valence-electron chi connectivity index (χ3n) is 6.24. The molecule has 156 valence electrons. The van der Waals surface area contributed by atoms with Gasteiger partial charge in [-0.3, -0.25) is 4.90 Å². The third-order valence-corrected chi connectivity index (χ3v) is 6.24. The van der Waals surface area contributed by atoms with Crippen LogP contribution in [-0.4, -0.2) is 59.6 Å². The summed E-state index contributed by atoms with van der Waals surface area (Å²) in [5.41, 5.74) is 1.42. The Balaban J connectivity index is 1.50. The highest BCUT2D eigenvalue weighted by Gasteiger charge is 2.36. The minimum absolute atomic E-state index is 0.295. The Labute approximate surface area is 175 Å². The first-order valence-electron chi connectivity index (χ1n) is 11.0. The van der Waals surface area contributed by atoms with Crippen molar-refractivity contribution in [2.45, 2.75) is 51.6 Å². The summed E-state index contributed by atoms with van der Waals surface area (Å²) in [6.45, 7) is 8.63. The van der Waals surface area contributed by atoms with E-state index in [0.717, 1.165) is 37.4 Å². The fraction of sp³-hybridized carbons (Fsp3) is 0.609. The summed E-state index contributed by atoms with van der Waals surface area (Å²) in [4.78, 5) is 21.3. The van der Waals surface area contributed by atoms with Gasteiger partial charge in [-0.1, -0.05) is 44.2 Å². The van der Waals surface area contributed by atoms with Crippen LogP contribution in [0.25, 0.3) is 0 Å². The maximum atomic E-state index is 4.83. The number of anilines is 2. The van der Waals surface area contributed by atoms with Crippen molar-refractivity contribution in [3.63, 3.8) is 0 Å². The molecule has 0 radical (unpaired) electrons. The zero-order chi connectivity index (χ0) is 20.4. The summed E-state index contributed by atoms with van der Waals surface area (Å²) in [5, 5.41) is 0. The van der Waals surface area contributed by atoms with Crippen LogP contribution in [-0.2, 0) is 6.54 Å². The Morgan fingerprint density at radius 2 is 1.83 bits per heavy atom. The van der Waals surface area contributed by atoms with Gasteiger partial charge >= 0.3 is 0 Å². The number of hydrogen-bond donors (Lipinski definition) is 0. The lowest BCUT2D eigenvalue weighted by Gasteiger charge is -2.47. The minimum atomic E-state index is 0.295. The van der Waals surface area contributed by atoms with Crippen LogP contribution in [0.4, 0.5) is 11.9 Å². The molecule has 0 aliphatic carbocycles. The van der Waals surface area contributed by atoms with Crippen LogP contribution in [0.2, 0.25) is 0 Å². The maximum absolute atomic E-state index is 4.83. The number of aromatic nitrogens is 3. The largest absolute Gasteiger partial charge is 0.347 e. The molecule has 3 heterocycles. The first-order valence-corrected chi connectivity index (χ1v) is 11.0. The average Bonchev–Trinajstić information content (AvgIpc) is 2.74. The van der Waals surface area contributed by atoms with Crippen molar-refractivity contribution in [2.24, 2.45) is 5.92 Å². The fourth-order valence-corrected chi connectivity index (χ4v) is 4.67. The monoisotopic (exact) mass is 394 g/mol. The predicted octanol–water partition coefficient (Wildman–Crippen LogP) is 3.55. The highest BCUT2D eigenvalue weighted by atomic mass is 15.3. The molecule has 0 amide bonds. The van der Waals surface area contributed by atoms with E-state index in [1.807, 2.05) is 19.0 Å². The lowest BCUT2D eigenvalue weighted by molar-refractivity contribution is 0.0698. The number of piperidine rings is 2. The Hall–Kier alpha value is -2.21. The van der Waals surface area contributed by atoms with E-state index < -0.39 is 0 Å². The molecule has 2 aromatic rings. The second-order valence-corrected chi connectivity index (χ2v) is 9.00. The Kier molecular flexibility index (Phi) is 5.99. The lowest BCUT2D eigenvalue weighted by atomic mass is 9.83. The van der Waals surface area contributed by atoms with Crippen LogP contribution < -0.4 is 9.80 Å². The molecule has 0 spiro atoms. The van der Waals surface area contributed by atoms with Gasteiger partial charge in [0.25, 0.3) is 0 Å². The lowest BCUT2D eigenvalue weighted by Crippen LogP contribution is -2.54. The van der Waals surface area contributed by atoms with Gasteiger partial charge in [0.2, 0.25) is 11.9 Å². The van der Waals surface area contributed by atoms with Crippen molar-refractivity contribution < 1.29 is 0 Å². The average molecular weight is 395 g/mol. The smallest absolute Gasteiger partial charge is 0.230 e. The van der Waals surface area contributed by atoms with E-state index in [0.29, 0.717) is 17.9 Å². The summed E-state index contributed by atoms with van der Waals surface area (Å²) in [6, 6.07) is 11.6. The number of likely N-dealkylation sites (tertiary alicyclic amines) is 1. The molecule has 4 rings (SSSR count). The summed E-state index contributed by atoms with van der Waals surface area (Å²) in [6.07, 6.45) is 3.76. The summed E-state index contributed by atoms with van der Waals surface area (Å²) < 4.78 is 0. The van der Waals surface area contributed by atoms with E-state index in [9.17, 15) is 0 Å². The first kappa shape index (κ1) is 20.1. The number of rotatable bonds is 5. The van der Waals surface area contributed by atoms with Crippen LogP contribution in [0.15, 0.2) is 30.3 Å². The van der Waals surface area contributed by atoms with Gasteiger partial charge in [-0.05, 0) is 37.3 Å². The van der Waals surface area contributed by atoms with Crippen molar-refractivity contribution in [3.05, 3.63) is 41.7 Å². The number of nitrogens with zero attached hydrogens (tertiary/aromatic N) is 6. The van der Waals surface area contributed by atoms with E-state index >= 15 is 0 Å². The quantitative estimate of drug-likeness (QED) is 0.773. The van der Waals surface area contributed by atoms with Gasteiger partial charge in [0.1, 0.15) is 5.82 Å². The van der Waals surface area contributed by atoms with Gasteiger partial charge in [0.05, 0.1) is 0 Å². The minimum Gasteiger partial charge on any atom is -0.347 e. The van der Waals surface area contributed by atoms with E-state index in [-0.39, 0.29) is 0 Å². The van der Waals surface area contributed by atoms with Crippen LogP contribution in [0.3, 0.4) is 0 Å². The molecule has 2 fully saturated rings. The number of fused-ring (bicyclic) bond motifs is 1. The molecule has 2 unspecified atom stereocenters. The Morgan fingerprint density at radius 3 is 2.55 bits per heavy atom. The Bertz CT molecular complexity index is 780. The molecule has 2 saturated heterocycles. The predicted molar refractivity (Wildman–Crippen MR) is 118 cm³/mol. The van der Waals surface area contributed by atoms with E-state index in [1.165, 1.54) is 31.4 Å². The molecule has 6 nitrogen and oxygen atoms in total. The van der Waals surface area contributed by atoms with Crippen LogP contribution >= 0.6 is 0 Å². The summed E-state index contributed by atoms with van der Waals surface area (Å²) in [5.74, 6) is 3.48. The molecule has 2 aliphatic heterocycles. The van der Waals surface area contributed by atoms with Crippen LogP contribution in [0, 0.1) is 5.92 Å². The number of benzene rings is 1. The Morgan fingerprint density at radius 1 is 1.03 bits per heavy atom. The zero-order valence-electron chi connectivity index (χ0n) is 18.3. The van der Waals surface area contributed by atoms with Gasteiger partial charge in [0.15, 0.2) is 0 Å². The topological polar surface area (TPSA) is 48.4 Å². The molecule has 1 aromatic carbocycles. The van der Waals surface area contributed by atoms with Crippen molar-refractivity contribution in [2.75, 3.05) is 43.5 Å². The van der Waals surface area contributed by atoms with Gasteiger partial charge in [-0.2, -0.15) is 15.0 Å². The second-order valence-electron chi connectivity index (χ2n) is 9.00. The van der Waals surface area contributed by atoms with Crippen LogP contribution in [0.5, 0.6) is 0 Å². The molecule has 0 N–H and O–H groups in total. The molecule has 2 aliphatic rings. The van der Waals surface area contributed by atoms with Crippen LogP contribution in [0.1, 0.15) is 50.4 Å². The van der Waals surface area contributed by atoms with Crippen molar-refractivity contribution >= 4 is 11.9 Å². The maximum Gasteiger partial charge on any atom is 0.230 e.